The smallest absolute Gasteiger partial charge is 0.371 e. The standard InChI is InChI=1S/C15H23NO3/c1-4-11-5-6-12(9(11)2)16-10(3)13-7-8-14(19-13)15(17)18/h7-12,16H,4-6H2,1-3H3,(H,17,18). The zero-order valence-electron chi connectivity index (χ0n) is 11.8. The maximum atomic E-state index is 10.8. The minimum absolute atomic E-state index is 0.00885. The number of carboxylic acid groups (broad SMARTS) is 1. The third-order valence-corrected chi connectivity index (χ3v) is 4.48. The molecule has 1 fully saturated rings. The molecule has 0 aromatic carbocycles. The van der Waals surface area contributed by atoms with Crippen molar-refractivity contribution in [2.45, 2.75) is 52.1 Å². The highest BCUT2D eigenvalue weighted by Gasteiger charge is 2.32. The van der Waals surface area contributed by atoms with E-state index >= 15 is 0 Å². The summed E-state index contributed by atoms with van der Waals surface area (Å²) in [7, 11) is 0. The van der Waals surface area contributed by atoms with E-state index in [4.69, 9.17) is 9.52 Å². The Kier molecular flexibility index (Phi) is 4.30. The van der Waals surface area contributed by atoms with Gasteiger partial charge in [0, 0.05) is 6.04 Å². The predicted octanol–water partition coefficient (Wildman–Crippen LogP) is 3.45. The van der Waals surface area contributed by atoms with E-state index in [1.54, 1.807) is 6.07 Å². The summed E-state index contributed by atoms with van der Waals surface area (Å²) in [5.74, 6) is 1.16. The van der Waals surface area contributed by atoms with Crippen LogP contribution in [0.5, 0.6) is 0 Å². The van der Waals surface area contributed by atoms with E-state index in [0.717, 1.165) is 5.92 Å². The van der Waals surface area contributed by atoms with Crippen LogP contribution in [0.1, 0.15) is 62.4 Å². The van der Waals surface area contributed by atoms with Crippen LogP contribution < -0.4 is 5.32 Å². The average molecular weight is 265 g/mol. The molecule has 0 amide bonds. The topological polar surface area (TPSA) is 62.5 Å². The number of carbonyl (C=O) groups is 1. The summed E-state index contributed by atoms with van der Waals surface area (Å²) in [5.41, 5.74) is 0. The Morgan fingerprint density at radius 1 is 1.53 bits per heavy atom. The van der Waals surface area contributed by atoms with Crippen molar-refractivity contribution in [3.8, 4) is 0 Å². The third-order valence-electron chi connectivity index (χ3n) is 4.48. The van der Waals surface area contributed by atoms with E-state index in [1.807, 2.05) is 6.92 Å². The van der Waals surface area contributed by atoms with Gasteiger partial charge in [0.05, 0.1) is 6.04 Å². The molecule has 0 radical (unpaired) electrons. The lowest BCUT2D eigenvalue weighted by Gasteiger charge is -2.24. The molecule has 2 rings (SSSR count). The Morgan fingerprint density at radius 3 is 2.79 bits per heavy atom. The Balaban J connectivity index is 1.97. The van der Waals surface area contributed by atoms with Crippen LogP contribution in [-0.2, 0) is 0 Å². The second-order valence-corrected chi connectivity index (χ2v) is 5.61. The molecular weight excluding hydrogens is 242 g/mol. The Morgan fingerprint density at radius 2 is 2.26 bits per heavy atom. The van der Waals surface area contributed by atoms with Crippen molar-refractivity contribution in [1.82, 2.24) is 5.32 Å². The van der Waals surface area contributed by atoms with Crippen LogP contribution in [0, 0.1) is 11.8 Å². The van der Waals surface area contributed by atoms with Crippen molar-refractivity contribution in [3.63, 3.8) is 0 Å². The molecule has 4 atom stereocenters. The summed E-state index contributed by atoms with van der Waals surface area (Å²) in [4.78, 5) is 10.8. The van der Waals surface area contributed by atoms with E-state index < -0.39 is 5.97 Å². The minimum Gasteiger partial charge on any atom is -0.475 e. The van der Waals surface area contributed by atoms with Crippen molar-refractivity contribution < 1.29 is 14.3 Å². The molecule has 0 aliphatic heterocycles. The second kappa shape index (κ2) is 5.78. The molecule has 106 valence electrons. The number of carboxylic acids is 1. The number of rotatable bonds is 5. The van der Waals surface area contributed by atoms with Gasteiger partial charge in [0.1, 0.15) is 5.76 Å². The van der Waals surface area contributed by atoms with Gasteiger partial charge >= 0.3 is 5.97 Å². The maximum absolute atomic E-state index is 10.8. The van der Waals surface area contributed by atoms with Gasteiger partial charge in [-0.05, 0) is 43.7 Å². The van der Waals surface area contributed by atoms with Gasteiger partial charge in [0.15, 0.2) is 0 Å². The predicted molar refractivity (Wildman–Crippen MR) is 73.2 cm³/mol. The van der Waals surface area contributed by atoms with E-state index in [1.165, 1.54) is 25.3 Å². The lowest BCUT2D eigenvalue weighted by atomic mass is 9.93. The molecule has 4 unspecified atom stereocenters. The average Bonchev–Trinajstić information content (AvgIpc) is 2.97. The Hall–Kier alpha value is -1.29. The summed E-state index contributed by atoms with van der Waals surface area (Å²) >= 11 is 0. The summed E-state index contributed by atoms with van der Waals surface area (Å²) in [6, 6.07) is 3.82. The molecule has 19 heavy (non-hydrogen) atoms. The fraction of sp³-hybridized carbons (Fsp3) is 0.667. The molecule has 0 bridgehead atoms. The van der Waals surface area contributed by atoms with Crippen molar-refractivity contribution >= 4 is 5.97 Å². The molecule has 1 aromatic heterocycles. The highest BCUT2D eigenvalue weighted by molar-refractivity contribution is 5.84. The lowest BCUT2D eigenvalue weighted by molar-refractivity contribution is 0.0659. The van der Waals surface area contributed by atoms with Gasteiger partial charge in [0.25, 0.3) is 0 Å². The SMILES string of the molecule is CCC1CCC(NC(C)c2ccc(C(=O)O)o2)C1C. The van der Waals surface area contributed by atoms with Gasteiger partial charge in [-0.2, -0.15) is 0 Å². The van der Waals surface area contributed by atoms with E-state index in [9.17, 15) is 4.79 Å². The summed E-state index contributed by atoms with van der Waals surface area (Å²) in [6.07, 6.45) is 3.70. The highest BCUT2D eigenvalue weighted by Crippen LogP contribution is 2.35. The van der Waals surface area contributed by atoms with Crippen LogP contribution in [0.3, 0.4) is 0 Å². The largest absolute Gasteiger partial charge is 0.475 e. The number of nitrogens with one attached hydrogen (secondary N) is 1. The molecule has 2 N–H and O–H groups in total. The first kappa shape index (κ1) is 14.1. The number of hydrogen-bond donors (Lipinski definition) is 2. The lowest BCUT2D eigenvalue weighted by Crippen LogP contribution is -2.34. The molecule has 1 saturated carbocycles. The van der Waals surface area contributed by atoms with Gasteiger partial charge in [-0.1, -0.05) is 20.3 Å². The molecule has 0 saturated heterocycles. The first-order valence-corrected chi connectivity index (χ1v) is 7.12. The second-order valence-electron chi connectivity index (χ2n) is 5.61. The van der Waals surface area contributed by atoms with E-state index in [-0.39, 0.29) is 11.8 Å². The zero-order valence-corrected chi connectivity index (χ0v) is 11.8. The molecule has 1 heterocycles. The molecule has 1 aliphatic rings. The fourth-order valence-corrected chi connectivity index (χ4v) is 3.16. The van der Waals surface area contributed by atoms with Crippen LogP contribution in [0.25, 0.3) is 0 Å². The molecule has 4 nitrogen and oxygen atoms in total. The van der Waals surface area contributed by atoms with Crippen molar-refractivity contribution in [3.05, 3.63) is 23.7 Å². The number of aromatic carboxylic acids is 1. The van der Waals surface area contributed by atoms with Gasteiger partial charge in [0.2, 0.25) is 5.76 Å². The van der Waals surface area contributed by atoms with Gasteiger partial charge < -0.3 is 14.8 Å². The van der Waals surface area contributed by atoms with Crippen molar-refractivity contribution in [2.24, 2.45) is 11.8 Å². The van der Waals surface area contributed by atoms with Crippen LogP contribution in [0.2, 0.25) is 0 Å². The summed E-state index contributed by atoms with van der Waals surface area (Å²) < 4.78 is 5.34. The van der Waals surface area contributed by atoms with Gasteiger partial charge in [-0.3, -0.25) is 0 Å². The molecule has 1 aliphatic carbocycles. The number of hydrogen-bond acceptors (Lipinski definition) is 3. The van der Waals surface area contributed by atoms with E-state index in [0.29, 0.717) is 17.7 Å². The van der Waals surface area contributed by atoms with Crippen molar-refractivity contribution in [1.29, 1.82) is 0 Å². The fourth-order valence-electron chi connectivity index (χ4n) is 3.16. The first-order chi connectivity index (χ1) is 9.02. The normalized spacial score (nSPS) is 28.5. The third kappa shape index (κ3) is 3.00. The molecule has 4 heteroatoms. The summed E-state index contributed by atoms with van der Waals surface area (Å²) in [6.45, 7) is 6.57. The number of furan rings is 1. The first-order valence-electron chi connectivity index (χ1n) is 7.12. The molecular formula is C15H23NO3. The maximum Gasteiger partial charge on any atom is 0.371 e. The van der Waals surface area contributed by atoms with Crippen molar-refractivity contribution in [2.75, 3.05) is 0 Å². The minimum atomic E-state index is -1.02. The van der Waals surface area contributed by atoms with Crippen LogP contribution >= 0.6 is 0 Å². The Bertz CT molecular complexity index is 440. The van der Waals surface area contributed by atoms with Crippen LogP contribution in [-0.4, -0.2) is 17.1 Å². The molecule has 1 aromatic rings. The Labute approximate surface area is 114 Å². The monoisotopic (exact) mass is 265 g/mol. The van der Waals surface area contributed by atoms with Crippen LogP contribution in [0.4, 0.5) is 0 Å². The van der Waals surface area contributed by atoms with Crippen LogP contribution in [0.15, 0.2) is 16.5 Å². The molecule has 0 spiro atoms. The summed E-state index contributed by atoms with van der Waals surface area (Å²) in [5, 5.41) is 12.4. The highest BCUT2D eigenvalue weighted by atomic mass is 16.4. The quantitative estimate of drug-likeness (QED) is 0.856. The van der Waals surface area contributed by atoms with Gasteiger partial charge in [-0.15, -0.1) is 0 Å². The van der Waals surface area contributed by atoms with E-state index in [2.05, 4.69) is 19.2 Å². The van der Waals surface area contributed by atoms with Gasteiger partial charge in [-0.25, -0.2) is 4.79 Å². The zero-order chi connectivity index (χ0) is 14.0.